The Morgan fingerprint density at radius 1 is 0.162 bits per heavy atom. The molecule has 105 heavy (non-hydrogen) atoms. The molecule has 15 rings (SSSR count). The van der Waals surface area contributed by atoms with Gasteiger partial charge in [0.15, 0.2) is 0 Å². The second kappa shape index (κ2) is 31.3. The maximum absolute atomic E-state index is 2.33. The molecule has 0 aliphatic heterocycles. The van der Waals surface area contributed by atoms with Crippen LogP contribution in [0.4, 0.5) is 0 Å². The average molecular weight is 1380 g/mol. The van der Waals surface area contributed by atoms with Gasteiger partial charge in [-0.05, 0) is 288 Å². The lowest BCUT2D eigenvalue weighted by Crippen LogP contribution is -2.32. The SMILES string of the molecule is Cc1cc(C)c(C)c(-c2cc(C)c3cc(C)ccc3[n+]2C)c1.Cc1cc(C)c(C)c(-c2cc(C)c3ccc(C)cc3[n+]2C)c1.Cc1cc(C)c2ccc(-c3ccccc3C)[n+](C)c2c1.Cc1ccc(C)c(-c2cc(C)c3ccc(C)cc3[n+]2C)c1.Cc1ccc2c(C)cc(-c3ccccc3C)[n+](C)c2c1. The van der Waals surface area contributed by atoms with Crippen molar-refractivity contribution in [2.45, 2.75) is 138 Å². The van der Waals surface area contributed by atoms with E-state index in [4.69, 9.17) is 0 Å². The molecule has 0 aliphatic carbocycles. The third kappa shape index (κ3) is 15.9. The van der Waals surface area contributed by atoms with Gasteiger partial charge < -0.3 is 0 Å². The van der Waals surface area contributed by atoms with Crippen molar-refractivity contribution in [3.63, 3.8) is 0 Å². The van der Waals surface area contributed by atoms with Gasteiger partial charge >= 0.3 is 0 Å². The Hall–Kier alpha value is -10.8. The number of rotatable bonds is 5. The molecule has 5 aromatic heterocycles. The predicted molar refractivity (Wildman–Crippen MR) is 448 cm³/mol. The lowest BCUT2D eigenvalue weighted by molar-refractivity contribution is -0.633. The standard InChI is InChI=1S/2C21H24N.C20H22N.2C19H20N/c1-13-7-8-18-16(4)12-21(22(6)20(18)11-13)19-10-14(2)9-15(3)17(19)5;1-13-7-8-20-18(10-13)16(4)12-21(22(20)6)19-11-14(2)9-15(3)17(19)5;1-13-6-8-15(3)18(10-13)20-12-16(4)17-9-7-14(2)11-19(17)21(20)5;1-13-11-15(3)17-9-10-18(20(4)19(17)12-13)16-8-6-5-7-14(16)2;1-13-9-10-17-15(3)12-19(20(4)18(17)11-13)16-8-6-5-7-14(16)2/h2*7-12H,1-6H3;6-12H,1-5H3;2*5-12H,1-4H3/q5*+1. The molecule has 0 bridgehead atoms. The van der Waals surface area contributed by atoms with Crippen LogP contribution in [0.1, 0.15) is 111 Å². The molecule has 0 N–H and O–H groups in total. The van der Waals surface area contributed by atoms with Gasteiger partial charge in [0.05, 0.1) is 0 Å². The second-order valence-corrected chi connectivity index (χ2v) is 30.4. The summed E-state index contributed by atoms with van der Waals surface area (Å²) in [5.41, 5.74) is 46.0. The molecule has 0 atom stereocenters. The second-order valence-electron chi connectivity index (χ2n) is 30.4. The van der Waals surface area contributed by atoms with Crippen LogP contribution in [0, 0.1) is 138 Å². The van der Waals surface area contributed by atoms with E-state index in [-0.39, 0.29) is 0 Å². The van der Waals surface area contributed by atoms with E-state index in [1.807, 2.05) is 0 Å². The van der Waals surface area contributed by atoms with E-state index in [2.05, 4.69) is 409 Å². The van der Waals surface area contributed by atoms with Crippen molar-refractivity contribution in [1.29, 1.82) is 0 Å². The lowest BCUT2D eigenvalue weighted by Gasteiger charge is -2.12. The summed E-state index contributed by atoms with van der Waals surface area (Å²) < 4.78 is 11.6. The Kier molecular flexibility index (Phi) is 22.5. The maximum Gasteiger partial charge on any atom is 0.213 e. The molecule has 0 saturated heterocycles. The number of aryl methyl sites for hydroxylation is 23. The molecule has 10 aromatic carbocycles. The highest BCUT2D eigenvalue weighted by atomic mass is 15.0. The van der Waals surface area contributed by atoms with Gasteiger partial charge in [-0.1, -0.05) is 113 Å². The highest BCUT2D eigenvalue weighted by molar-refractivity contribution is 5.87. The summed E-state index contributed by atoms with van der Waals surface area (Å²) in [4.78, 5) is 0. The molecule has 0 unspecified atom stereocenters. The van der Waals surface area contributed by atoms with Crippen molar-refractivity contribution in [1.82, 2.24) is 0 Å². The van der Waals surface area contributed by atoms with Crippen LogP contribution in [0.15, 0.2) is 212 Å². The van der Waals surface area contributed by atoms with Crippen LogP contribution in [0.5, 0.6) is 0 Å². The normalized spacial score (nSPS) is 11.1. The Morgan fingerprint density at radius 3 is 0.876 bits per heavy atom. The first-order valence-corrected chi connectivity index (χ1v) is 37.3. The summed E-state index contributed by atoms with van der Waals surface area (Å²) in [6.45, 7) is 43.6. The number of hydrogen-bond acceptors (Lipinski definition) is 0. The molecule has 0 saturated carbocycles. The van der Waals surface area contributed by atoms with Gasteiger partial charge in [0, 0.05) is 115 Å². The molecule has 5 heterocycles. The Morgan fingerprint density at radius 2 is 0.438 bits per heavy atom. The zero-order valence-electron chi connectivity index (χ0n) is 67.4. The average Bonchev–Trinajstić information content (AvgIpc) is 0.773. The number of aromatic nitrogens is 5. The van der Waals surface area contributed by atoms with Gasteiger partial charge in [-0.2, -0.15) is 22.8 Å². The van der Waals surface area contributed by atoms with Gasteiger partial charge in [0.25, 0.3) is 0 Å². The van der Waals surface area contributed by atoms with E-state index < -0.39 is 0 Å². The van der Waals surface area contributed by atoms with Crippen molar-refractivity contribution < 1.29 is 22.8 Å². The maximum atomic E-state index is 2.33. The van der Waals surface area contributed by atoms with Gasteiger partial charge in [0.2, 0.25) is 56.1 Å². The molecular formula is C100H110N5+5. The van der Waals surface area contributed by atoms with Crippen molar-refractivity contribution in [3.8, 4) is 56.3 Å². The van der Waals surface area contributed by atoms with Gasteiger partial charge in [-0.15, -0.1) is 0 Å². The summed E-state index contributed by atoms with van der Waals surface area (Å²) >= 11 is 0. The van der Waals surface area contributed by atoms with Gasteiger partial charge in [-0.3, -0.25) is 0 Å². The highest BCUT2D eigenvalue weighted by Gasteiger charge is 2.24. The third-order valence-corrected chi connectivity index (χ3v) is 21.9. The molecule has 0 aliphatic rings. The zero-order valence-corrected chi connectivity index (χ0v) is 67.4. The molecule has 0 fully saturated rings. The van der Waals surface area contributed by atoms with E-state index in [0.29, 0.717) is 0 Å². The number of nitrogens with zero attached hydrogens (tertiary/aromatic N) is 5. The van der Waals surface area contributed by atoms with Crippen LogP contribution in [0.3, 0.4) is 0 Å². The summed E-state index contributed by atoms with van der Waals surface area (Å²) in [6, 6.07) is 77.9. The summed E-state index contributed by atoms with van der Waals surface area (Å²) in [6.07, 6.45) is 0. The summed E-state index contributed by atoms with van der Waals surface area (Å²) in [5, 5.41) is 6.66. The molecule has 15 aromatic rings. The zero-order chi connectivity index (χ0) is 75.7. The van der Waals surface area contributed by atoms with Gasteiger partial charge in [-0.25, -0.2) is 0 Å². The van der Waals surface area contributed by atoms with Crippen LogP contribution >= 0.6 is 0 Å². The van der Waals surface area contributed by atoms with E-state index in [1.54, 1.807) is 0 Å². The van der Waals surface area contributed by atoms with Crippen LogP contribution in [0.2, 0.25) is 0 Å². The van der Waals surface area contributed by atoms with Crippen molar-refractivity contribution in [2.24, 2.45) is 35.2 Å². The quantitative estimate of drug-likeness (QED) is 0.153. The Labute approximate surface area is 627 Å². The molecule has 0 spiro atoms. The van der Waals surface area contributed by atoms with Crippen molar-refractivity contribution in [3.05, 3.63) is 324 Å². The highest BCUT2D eigenvalue weighted by Crippen LogP contribution is 2.33. The topological polar surface area (TPSA) is 19.4 Å². The van der Waals surface area contributed by atoms with E-state index in [1.165, 1.54) is 222 Å². The minimum Gasteiger partial charge on any atom is -0.194 e. The largest absolute Gasteiger partial charge is 0.213 e. The third-order valence-electron chi connectivity index (χ3n) is 21.9. The fraction of sp³-hybridized carbons (Fsp3) is 0.250. The monoisotopic (exact) mass is 1380 g/mol. The van der Waals surface area contributed by atoms with E-state index in [9.17, 15) is 0 Å². The number of fused-ring (bicyclic) bond motifs is 5. The fourth-order valence-electron chi connectivity index (χ4n) is 15.6. The van der Waals surface area contributed by atoms with E-state index in [0.717, 1.165) is 0 Å². The minimum atomic E-state index is 1.26. The Bertz CT molecular complexity index is 5880. The van der Waals surface area contributed by atoms with Crippen LogP contribution in [-0.2, 0) is 35.2 Å². The van der Waals surface area contributed by atoms with E-state index >= 15 is 0 Å². The van der Waals surface area contributed by atoms with Crippen LogP contribution in [-0.4, -0.2) is 0 Å². The first-order chi connectivity index (χ1) is 49.9. The van der Waals surface area contributed by atoms with Gasteiger partial charge in [0.1, 0.15) is 35.2 Å². The predicted octanol–water partition coefficient (Wildman–Crippen LogP) is 22.8. The molecular weight excluding hydrogens is 1270 g/mol. The van der Waals surface area contributed by atoms with Crippen LogP contribution < -0.4 is 22.8 Å². The van der Waals surface area contributed by atoms with Crippen molar-refractivity contribution >= 4 is 54.5 Å². The lowest BCUT2D eigenvalue weighted by atomic mass is 9.95. The molecule has 0 amide bonds. The molecule has 5 heteroatoms. The number of hydrogen-bond donors (Lipinski definition) is 0. The van der Waals surface area contributed by atoms with Crippen molar-refractivity contribution in [2.75, 3.05) is 0 Å². The summed E-state index contributed by atoms with van der Waals surface area (Å²) in [7, 11) is 10.8. The molecule has 0 radical (unpaired) electrons. The number of benzene rings is 10. The first-order valence-electron chi connectivity index (χ1n) is 37.3. The number of pyridine rings is 5. The summed E-state index contributed by atoms with van der Waals surface area (Å²) in [5.74, 6) is 0. The molecule has 530 valence electrons. The minimum absolute atomic E-state index is 1.26. The fourth-order valence-corrected chi connectivity index (χ4v) is 15.6. The first kappa shape index (κ1) is 75.4. The molecule has 5 nitrogen and oxygen atoms in total. The van der Waals surface area contributed by atoms with Crippen LogP contribution in [0.25, 0.3) is 111 Å². The Balaban J connectivity index is 0.000000131. The smallest absolute Gasteiger partial charge is 0.194 e.